The van der Waals surface area contributed by atoms with Crippen LogP contribution in [0.25, 0.3) is 0 Å². The van der Waals surface area contributed by atoms with Gasteiger partial charge in [0.15, 0.2) is 0 Å². The van der Waals surface area contributed by atoms with Crippen molar-refractivity contribution in [1.82, 2.24) is 10.2 Å². The number of hydrogen-bond acceptors (Lipinski definition) is 3. The van der Waals surface area contributed by atoms with Crippen LogP contribution in [-0.4, -0.2) is 36.2 Å². The maximum atomic E-state index is 9.18. The van der Waals surface area contributed by atoms with Gasteiger partial charge in [-0.3, -0.25) is 0 Å². The molecular weight excluding hydrogens is 200 g/mol. The Morgan fingerprint density at radius 2 is 1.88 bits per heavy atom. The van der Waals surface area contributed by atoms with Crippen LogP contribution >= 0.6 is 0 Å². The molecule has 16 heavy (non-hydrogen) atoms. The third-order valence-corrected chi connectivity index (χ3v) is 3.25. The van der Waals surface area contributed by atoms with E-state index < -0.39 is 0 Å². The number of benzene rings is 1. The Morgan fingerprint density at radius 1 is 1.25 bits per heavy atom. The van der Waals surface area contributed by atoms with E-state index >= 15 is 0 Å². The summed E-state index contributed by atoms with van der Waals surface area (Å²) < 4.78 is 0. The summed E-state index contributed by atoms with van der Waals surface area (Å²) in [4.78, 5) is 2.37. The van der Waals surface area contributed by atoms with Crippen LogP contribution < -0.4 is 5.32 Å². The molecule has 0 atom stereocenters. The van der Waals surface area contributed by atoms with Gasteiger partial charge in [0.1, 0.15) is 5.75 Å². The van der Waals surface area contributed by atoms with Crippen molar-refractivity contribution in [2.75, 3.05) is 20.1 Å². The van der Waals surface area contributed by atoms with Crippen LogP contribution in [0.4, 0.5) is 0 Å². The largest absolute Gasteiger partial charge is 0.508 e. The Morgan fingerprint density at radius 3 is 2.50 bits per heavy atom. The van der Waals surface area contributed by atoms with Gasteiger partial charge >= 0.3 is 0 Å². The first kappa shape index (κ1) is 11.4. The second-order valence-electron chi connectivity index (χ2n) is 4.62. The van der Waals surface area contributed by atoms with E-state index in [-0.39, 0.29) is 0 Å². The minimum absolute atomic E-state index is 0.336. The molecule has 0 aromatic heterocycles. The van der Waals surface area contributed by atoms with Gasteiger partial charge in [0, 0.05) is 12.6 Å². The average Bonchev–Trinajstić information content (AvgIpc) is 2.30. The van der Waals surface area contributed by atoms with Gasteiger partial charge in [-0.1, -0.05) is 12.1 Å². The first-order chi connectivity index (χ1) is 7.74. The zero-order valence-corrected chi connectivity index (χ0v) is 9.82. The Hall–Kier alpha value is -1.06. The second kappa shape index (κ2) is 5.32. The summed E-state index contributed by atoms with van der Waals surface area (Å²) in [6.45, 7) is 3.27. The van der Waals surface area contributed by atoms with E-state index in [0.29, 0.717) is 11.8 Å². The van der Waals surface area contributed by atoms with Crippen LogP contribution in [-0.2, 0) is 6.54 Å². The van der Waals surface area contributed by atoms with Crippen LogP contribution in [0.15, 0.2) is 24.3 Å². The number of phenolic OH excluding ortho intramolecular Hbond substituents is 1. The number of likely N-dealkylation sites (tertiary alicyclic amines) is 1. The van der Waals surface area contributed by atoms with E-state index in [4.69, 9.17) is 0 Å². The summed E-state index contributed by atoms with van der Waals surface area (Å²) in [7, 11) is 2.18. The van der Waals surface area contributed by atoms with Gasteiger partial charge in [0.05, 0.1) is 0 Å². The van der Waals surface area contributed by atoms with Gasteiger partial charge in [-0.15, -0.1) is 0 Å². The van der Waals surface area contributed by atoms with Gasteiger partial charge in [-0.25, -0.2) is 0 Å². The molecule has 3 nitrogen and oxygen atoms in total. The normalized spacial score (nSPS) is 18.8. The Bertz CT molecular complexity index is 315. The third kappa shape index (κ3) is 3.22. The molecule has 1 aliphatic rings. The number of phenols is 1. The van der Waals surface area contributed by atoms with E-state index in [1.54, 1.807) is 12.1 Å². The molecule has 2 N–H and O–H groups in total. The lowest BCUT2D eigenvalue weighted by Gasteiger charge is -2.29. The smallest absolute Gasteiger partial charge is 0.115 e. The monoisotopic (exact) mass is 220 g/mol. The molecule has 0 unspecified atom stereocenters. The van der Waals surface area contributed by atoms with Gasteiger partial charge in [-0.05, 0) is 50.7 Å². The number of nitrogens with zero attached hydrogens (tertiary/aromatic N) is 1. The zero-order chi connectivity index (χ0) is 11.4. The van der Waals surface area contributed by atoms with Crippen molar-refractivity contribution in [2.45, 2.75) is 25.4 Å². The first-order valence-electron chi connectivity index (χ1n) is 5.94. The molecule has 1 aromatic carbocycles. The molecule has 1 heterocycles. The lowest BCUT2D eigenvalue weighted by atomic mass is 10.1. The van der Waals surface area contributed by atoms with Crippen LogP contribution in [0.1, 0.15) is 18.4 Å². The minimum atomic E-state index is 0.336. The van der Waals surface area contributed by atoms with Gasteiger partial charge in [0.2, 0.25) is 0 Å². The summed E-state index contributed by atoms with van der Waals surface area (Å²) in [5.74, 6) is 0.336. The maximum absolute atomic E-state index is 9.18. The highest BCUT2D eigenvalue weighted by Gasteiger charge is 2.15. The lowest BCUT2D eigenvalue weighted by molar-refractivity contribution is 0.234. The average molecular weight is 220 g/mol. The molecule has 2 rings (SSSR count). The number of hydrogen-bond donors (Lipinski definition) is 2. The predicted molar refractivity (Wildman–Crippen MR) is 65.5 cm³/mol. The fraction of sp³-hybridized carbons (Fsp3) is 0.538. The van der Waals surface area contributed by atoms with E-state index in [2.05, 4.69) is 17.3 Å². The van der Waals surface area contributed by atoms with E-state index in [0.717, 1.165) is 6.54 Å². The number of rotatable bonds is 3. The Labute approximate surface area is 97.1 Å². The van der Waals surface area contributed by atoms with Crippen molar-refractivity contribution in [3.05, 3.63) is 29.8 Å². The van der Waals surface area contributed by atoms with Crippen molar-refractivity contribution in [3.8, 4) is 5.75 Å². The standard InChI is InChI=1S/C13H20N2O/c1-15-8-6-12(7-9-15)14-10-11-2-4-13(16)5-3-11/h2-5,12,14,16H,6-10H2,1H3. The van der Waals surface area contributed by atoms with Crippen LogP contribution in [0.3, 0.4) is 0 Å². The molecule has 88 valence electrons. The van der Waals surface area contributed by atoms with Crippen LogP contribution in [0.5, 0.6) is 5.75 Å². The molecular formula is C13H20N2O. The summed E-state index contributed by atoms with van der Waals surface area (Å²) in [6, 6.07) is 8.07. The molecule has 0 radical (unpaired) electrons. The van der Waals surface area contributed by atoms with Crippen LogP contribution in [0, 0.1) is 0 Å². The summed E-state index contributed by atoms with van der Waals surface area (Å²) in [5.41, 5.74) is 1.23. The minimum Gasteiger partial charge on any atom is -0.508 e. The Kier molecular flexibility index (Phi) is 3.80. The van der Waals surface area contributed by atoms with Crippen molar-refractivity contribution in [2.24, 2.45) is 0 Å². The van der Waals surface area contributed by atoms with E-state index in [1.165, 1.54) is 31.5 Å². The van der Waals surface area contributed by atoms with Crippen molar-refractivity contribution in [1.29, 1.82) is 0 Å². The first-order valence-corrected chi connectivity index (χ1v) is 5.94. The summed E-state index contributed by atoms with van der Waals surface area (Å²) in [6.07, 6.45) is 2.46. The fourth-order valence-electron chi connectivity index (χ4n) is 2.09. The topological polar surface area (TPSA) is 35.5 Å². The molecule has 0 amide bonds. The highest BCUT2D eigenvalue weighted by atomic mass is 16.3. The number of piperidine rings is 1. The Balaban J connectivity index is 1.77. The molecule has 1 fully saturated rings. The van der Waals surface area contributed by atoms with Gasteiger partial charge in [-0.2, -0.15) is 0 Å². The molecule has 1 aromatic rings. The summed E-state index contributed by atoms with van der Waals surface area (Å²) >= 11 is 0. The fourth-order valence-corrected chi connectivity index (χ4v) is 2.09. The number of nitrogens with one attached hydrogen (secondary N) is 1. The zero-order valence-electron chi connectivity index (χ0n) is 9.82. The van der Waals surface area contributed by atoms with Crippen LogP contribution in [0.2, 0.25) is 0 Å². The van der Waals surface area contributed by atoms with Crippen molar-refractivity contribution < 1.29 is 5.11 Å². The summed E-state index contributed by atoms with van der Waals surface area (Å²) in [5, 5.41) is 12.7. The second-order valence-corrected chi connectivity index (χ2v) is 4.62. The highest BCUT2D eigenvalue weighted by Crippen LogP contribution is 2.12. The molecule has 0 aliphatic carbocycles. The van der Waals surface area contributed by atoms with Gasteiger partial charge in [0.25, 0.3) is 0 Å². The molecule has 0 spiro atoms. The predicted octanol–water partition coefficient (Wildman–Crippen LogP) is 1.58. The third-order valence-electron chi connectivity index (χ3n) is 3.25. The number of aromatic hydroxyl groups is 1. The maximum Gasteiger partial charge on any atom is 0.115 e. The molecule has 1 saturated heterocycles. The quantitative estimate of drug-likeness (QED) is 0.811. The van der Waals surface area contributed by atoms with Crippen molar-refractivity contribution >= 4 is 0 Å². The molecule has 3 heteroatoms. The highest BCUT2D eigenvalue weighted by molar-refractivity contribution is 5.25. The SMILES string of the molecule is CN1CCC(NCc2ccc(O)cc2)CC1. The van der Waals surface area contributed by atoms with E-state index in [9.17, 15) is 5.11 Å². The van der Waals surface area contributed by atoms with Crippen molar-refractivity contribution in [3.63, 3.8) is 0 Å². The van der Waals surface area contributed by atoms with Gasteiger partial charge < -0.3 is 15.3 Å². The molecule has 1 aliphatic heterocycles. The van der Waals surface area contributed by atoms with E-state index in [1.807, 2.05) is 12.1 Å². The molecule has 0 bridgehead atoms. The molecule has 0 saturated carbocycles. The lowest BCUT2D eigenvalue weighted by Crippen LogP contribution is -2.40.